The summed E-state index contributed by atoms with van der Waals surface area (Å²) in [6.07, 6.45) is 1.80. The molecular weight excluding hydrogens is 465 g/mol. The minimum absolute atomic E-state index is 0.161. The molecule has 0 spiro atoms. The molecule has 1 amide bonds. The van der Waals surface area contributed by atoms with Gasteiger partial charge >= 0.3 is 194 Å². The van der Waals surface area contributed by atoms with Gasteiger partial charge in [0.15, 0.2) is 0 Å². The molecule has 0 aliphatic carbocycles. The third-order valence-electron chi connectivity index (χ3n) is 4.81. The van der Waals surface area contributed by atoms with Crippen LogP contribution in [-0.4, -0.2) is 32.2 Å². The van der Waals surface area contributed by atoms with E-state index < -0.39 is 0 Å². The SMILES string of the molecule is CCOc1ccc(/C=C2\N=C([Se]c3ccc(C)cc3)N(c3ccc(C#N)cc3)C2=O)cc1. The van der Waals surface area contributed by atoms with Gasteiger partial charge in [0.1, 0.15) is 0 Å². The molecule has 0 radical (unpaired) electrons. The number of nitriles is 1. The third-order valence-corrected chi connectivity index (χ3v) is 6.83. The molecule has 158 valence electrons. The normalized spacial score (nSPS) is 14.4. The first kappa shape index (κ1) is 21.6. The van der Waals surface area contributed by atoms with E-state index in [9.17, 15) is 4.79 Å². The van der Waals surface area contributed by atoms with Crippen molar-refractivity contribution in [3.8, 4) is 11.8 Å². The quantitative estimate of drug-likeness (QED) is 0.390. The number of hydrogen-bond donors (Lipinski definition) is 0. The molecule has 1 heterocycles. The van der Waals surface area contributed by atoms with Crippen molar-refractivity contribution in [2.75, 3.05) is 11.5 Å². The molecule has 6 heteroatoms. The summed E-state index contributed by atoms with van der Waals surface area (Å²) >= 11 is -0.161. The summed E-state index contributed by atoms with van der Waals surface area (Å²) in [7, 11) is 0. The van der Waals surface area contributed by atoms with Crippen molar-refractivity contribution in [3.63, 3.8) is 0 Å². The summed E-state index contributed by atoms with van der Waals surface area (Å²) in [5, 5.41) is 9.11. The second kappa shape index (κ2) is 9.65. The van der Waals surface area contributed by atoms with E-state index in [0.717, 1.165) is 15.8 Å². The molecular formula is C26H21N3O2Se. The Kier molecular flexibility index (Phi) is 6.51. The predicted octanol–water partition coefficient (Wildman–Crippen LogP) is 4.04. The van der Waals surface area contributed by atoms with Gasteiger partial charge in [-0.2, -0.15) is 0 Å². The van der Waals surface area contributed by atoms with E-state index in [0.29, 0.717) is 28.3 Å². The van der Waals surface area contributed by atoms with Gasteiger partial charge in [-0.1, -0.05) is 0 Å². The van der Waals surface area contributed by atoms with Gasteiger partial charge in [0, 0.05) is 0 Å². The zero-order chi connectivity index (χ0) is 22.5. The number of aliphatic imine (C=N–C) groups is 1. The van der Waals surface area contributed by atoms with E-state index in [1.165, 1.54) is 5.56 Å². The Balaban J connectivity index is 1.69. The molecule has 0 unspecified atom stereocenters. The van der Waals surface area contributed by atoms with Crippen molar-refractivity contribution < 1.29 is 9.53 Å². The molecule has 32 heavy (non-hydrogen) atoms. The number of carbonyl (C=O) groups excluding carboxylic acids is 1. The van der Waals surface area contributed by atoms with Crippen LogP contribution in [0, 0.1) is 18.3 Å². The summed E-state index contributed by atoms with van der Waals surface area (Å²) in [5.74, 6) is 0.617. The molecule has 0 atom stereocenters. The first-order valence-corrected chi connectivity index (χ1v) is 11.9. The van der Waals surface area contributed by atoms with Gasteiger partial charge in [0.25, 0.3) is 0 Å². The standard InChI is InChI=1S/C26H21N3O2Se/c1-3-31-22-12-8-19(9-13-22)16-24-25(30)29(21-10-6-20(17-27)7-11-21)26(28-24)32-23-14-4-18(2)5-15-23/h4-16H,3H2,1-2H3/b24-16-. The average Bonchev–Trinajstić information content (AvgIpc) is 3.11. The van der Waals surface area contributed by atoms with Crippen LogP contribution in [0.4, 0.5) is 5.69 Å². The van der Waals surface area contributed by atoms with Crippen LogP contribution in [0.15, 0.2) is 83.5 Å². The number of benzene rings is 3. The molecule has 0 N–H and O–H groups in total. The zero-order valence-electron chi connectivity index (χ0n) is 17.8. The summed E-state index contributed by atoms with van der Waals surface area (Å²) in [6, 6.07) is 25.0. The van der Waals surface area contributed by atoms with Gasteiger partial charge < -0.3 is 0 Å². The maximum absolute atomic E-state index is 13.4. The van der Waals surface area contributed by atoms with Crippen LogP contribution in [0.3, 0.4) is 0 Å². The number of amides is 1. The fourth-order valence-corrected chi connectivity index (χ4v) is 5.08. The van der Waals surface area contributed by atoms with Crippen molar-refractivity contribution >= 4 is 41.8 Å². The Bertz CT molecular complexity index is 1220. The Hall–Kier alpha value is -3.65. The van der Waals surface area contributed by atoms with Gasteiger partial charge in [0.2, 0.25) is 0 Å². The van der Waals surface area contributed by atoms with Gasteiger partial charge in [0.05, 0.1) is 0 Å². The Morgan fingerprint density at radius 3 is 2.34 bits per heavy atom. The molecule has 3 aromatic rings. The molecule has 0 aromatic heterocycles. The molecule has 0 saturated heterocycles. The summed E-state index contributed by atoms with van der Waals surface area (Å²) in [4.78, 5) is 19.7. The summed E-state index contributed by atoms with van der Waals surface area (Å²) in [5.41, 5.74) is 3.71. The fraction of sp³-hybridized carbons (Fsp3) is 0.115. The second-order valence-electron chi connectivity index (χ2n) is 7.14. The molecule has 1 aliphatic rings. The van der Waals surface area contributed by atoms with Crippen LogP contribution in [0.25, 0.3) is 6.08 Å². The monoisotopic (exact) mass is 487 g/mol. The molecule has 5 nitrogen and oxygen atoms in total. The summed E-state index contributed by atoms with van der Waals surface area (Å²) < 4.78 is 7.34. The number of aryl methyl sites for hydroxylation is 1. The maximum atomic E-state index is 13.4. The van der Waals surface area contributed by atoms with Crippen molar-refractivity contribution in [3.05, 3.63) is 95.2 Å². The van der Waals surface area contributed by atoms with Gasteiger partial charge in [-0.25, -0.2) is 0 Å². The van der Waals surface area contributed by atoms with Crippen LogP contribution >= 0.6 is 0 Å². The van der Waals surface area contributed by atoms with Crippen LogP contribution in [0.2, 0.25) is 0 Å². The van der Waals surface area contributed by atoms with Crippen LogP contribution in [0.5, 0.6) is 5.75 Å². The van der Waals surface area contributed by atoms with E-state index in [1.54, 1.807) is 35.2 Å². The average molecular weight is 486 g/mol. The fourth-order valence-electron chi connectivity index (χ4n) is 3.17. The molecule has 0 bridgehead atoms. The number of rotatable bonds is 6. The molecule has 0 saturated carbocycles. The predicted molar refractivity (Wildman–Crippen MR) is 128 cm³/mol. The summed E-state index contributed by atoms with van der Waals surface area (Å²) in [6.45, 7) is 4.60. The van der Waals surface area contributed by atoms with E-state index in [2.05, 4.69) is 30.3 Å². The number of hydrogen-bond acceptors (Lipinski definition) is 4. The minimum atomic E-state index is -0.174. The Labute approximate surface area is 193 Å². The number of nitrogens with zero attached hydrogens (tertiary/aromatic N) is 3. The van der Waals surface area contributed by atoms with E-state index in [-0.39, 0.29) is 20.9 Å². The van der Waals surface area contributed by atoms with E-state index >= 15 is 0 Å². The zero-order valence-corrected chi connectivity index (χ0v) is 19.5. The van der Waals surface area contributed by atoms with Crippen molar-refractivity contribution in [2.24, 2.45) is 4.99 Å². The van der Waals surface area contributed by atoms with Gasteiger partial charge in [-0.3, -0.25) is 0 Å². The topological polar surface area (TPSA) is 65.7 Å². The number of ether oxygens (including phenoxy) is 1. The number of amidine groups is 1. The van der Waals surface area contributed by atoms with Crippen molar-refractivity contribution in [1.82, 2.24) is 0 Å². The van der Waals surface area contributed by atoms with Gasteiger partial charge in [-0.05, 0) is 0 Å². The molecule has 3 aromatic carbocycles. The first-order valence-electron chi connectivity index (χ1n) is 10.2. The molecule has 4 rings (SSSR count). The van der Waals surface area contributed by atoms with E-state index in [4.69, 9.17) is 15.0 Å². The van der Waals surface area contributed by atoms with Crippen LogP contribution in [-0.2, 0) is 4.79 Å². The van der Waals surface area contributed by atoms with Gasteiger partial charge in [-0.15, -0.1) is 0 Å². The van der Waals surface area contributed by atoms with E-state index in [1.807, 2.05) is 38.1 Å². The first-order chi connectivity index (χ1) is 15.6. The van der Waals surface area contributed by atoms with Crippen molar-refractivity contribution in [1.29, 1.82) is 5.26 Å². The third kappa shape index (κ3) is 4.81. The Morgan fingerprint density at radius 1 is 1.03 bits per heavy atom. The Morgan fingerprint density at radius 2 is 1.72 bits per heavy atom. The number of carbonyl (C=O) groups is 1. The second-order valence-corrected chi connectivity index (χ2v) is 9.32. The molecule has 0 fully saturated rings. The number of anilines is 1. The van der Waals surface area contributed by atoms with Crippen LogP contribution in [0.1, 0.15) is 23.6 Å². The molecule has 1 aliphatic heterocycles. The van der Waals surface area contributed by atoms with Crippen molar-refractivity contribution in [2.45, 2.75) is 13.8 Å². The van der Waals surface area contributed by atoms with Crippen LogP contribution < -0.4 is 14.1 Å².